The highest BCUT2D eigenvalue weighted by Gasteiger charge is 2.21. The zero-order chi connectivity index (χ0) is 18.9. The maximum absolute atomic E-state index is 9.13. The highest BCUT2D eigenvalue weighted by Crippen LogP contribution is 2.17. The number of nitrogens with zero attached hydrogens (tertiary/aromatic N) is 2. The van der Waals surface area contributed by atoms with Gasteiger partial charge in [0.1, 0.15) is 5.84 Å². The molecule has 1 aliphatic rings. The minimum atomic E-state index is 0.234. The summed E-state index contributed by atoms with van der Waals surface area (Å²) in [6.45, 7) is 7.45. The third-order valence-corrected chi connectivity index (χ3v) is 5.43. The summed E-state index contributed by atoms with van der Waals surface area (Å²) in [5.41, 5.74) is 0. The van der Waals surface area contributed by atoms with E-state index in [0.717, 1.165) is 19.6 Å². The molecule has 1 rings (SSSR count). The molecule has 0 amide bonds. The van der Waals surface area contributed by atoms with Gasteiger partial charge in [-0.2, -0.15) is 0 Å². The van der Waals surface area contributed by atoms with Crippen LogP contribution in [0, 0.1) is 5.92 Å². The van der Waals surface area contributed by atoms with Gasteiger partial charge in [-0.25, -0.2) is 0 Å². The third-order valence-electron chi connectivity index (χ3n) is 5.43. The van der Waals surface area contributed by atoms with Crippen LogP contribution < -0.4 is 0 Å². The monoisotopic (exact) mass is 364 g/mol. The fourth-order valence-corrected chi connectivity index (χ4v) is 3.79. The van der Waals surface area contributed by atoms with Gasteiger partial charge >= 0.3 is 0 Å². The molecule has 1 unspecified atom stereocenters. The Morgan fingerprint density at radius 1 is 0.962 bits per heavy atom. The Balaban J connectivity index is 1.90. The number of rotatable bonds is 17. The number of β-amino-alcohol motifs (C(OH)–C–C–N with tert-alkyl or cyclic N) is 1. The van der Waals surface area contributed by atoms with Gasteiger partial charge in [-0.1, -0.05) is 77.4 Å². The Morgan fingerprint density at radius 2 is 1.58 bits per heavy atom. The minimum Gasteiger partial charge on any atom is -0.395 e. The van der Waals surface area contributed by atoms with E-state index in [1.54, 1.807) is 0 Å². The number of unbranched alkanes of at least 4 members (excludes halogenated alkanes) is 10. The summed E-state index contributed by atoms with van der Waals surface area (Å²) in [5, 5.41) is 9.13. The van der Waals surface area contributed by atoms with Gasteiger partial charge in [-0.05, 0) is 32.1 Å². The lowest BCUT2D eigenvalue weighted by atomic mass is 10.0. The van der Waals surface area contributed by atoms with Crippen LogP contribution in [0.15, 0.2) is 17.1 Å². The predicted molar refractivity (Wildman–Crippen MR) is 115 cm³/mol. The number of hydrogen-bond donors (Lipinski definition) is 1. The Kier molecular flexibility index (Phi) is 14.6. The average molecular weight is 365 g/mol. The average Bonchev–Trinajstić information content (AvgIpc) is 3.10. The lowest BCUT2D eigenvalue weighted by Crippen LogP contribution is -2.34. The van der Waals surface area contributed by atoms with E-state index in [1.165, 1.54) is 89.3 Å². The maximum Gasteiger partial charge on any atom is 0.102 e. The van der Waals surface area contributed by atoms with Crippen molar-refractivity contribution in [2.45, 2.75) is 97.3 Å². The van der Waals surface area contributed by atoms with Crippen molar-refractivity contribution < 1.29 is 5.11 Å². The fraction of sp³-hybridized carbons (Fsp3) is 0.870. The van der Waals surface area contributed by atoms with Crippen molar-refractivity contribution in [3.63, 3.8) is 0 Å². The van der Waals surface area contributed by atoms with Gasteiger partial charge in [-0.3, -0.25) is 4.99 Å². The zero-order valence-electron chi connectivity index (χ0n) is 17.6. The Morgan fingerprint density at radius 3 is 2.23 bits per heavy atom. The Hall–Kier alpha value is -0.830. The second-order valence-corrected chi connectivity index (χ2v) is 7.87. The van der Waals surface area contributed by atoms with Gasteiger partial charge in [0.25, 0.3) is 0 Å². The molecule has 152 valence electrons. The smallest absolute Gasteiger partial charge is 0.102 e. The molecular weight excluding hydrogens is 320 g/mol. The van der Waals surface area contributed by atoms with Crippen LogP contribution >= 0.6 is 0 Å². The van der Waals surface area contributed by atoms with E-state index >= 15 is 0 Å². The molecule has 0 spiro atoms. The van der Waals surface area contributed by atoms with Crippen LogP contribution in [0.4, 0.5) is 0 Å². The van der Waals surface area contributed by atoms with Crippen molar-refractivity contribution in [1.29, 1.82) is 0 Å². The van der Waals surface area contributed by atoms with Gasteiger partial charge in [0.2, 0.25) is 0 Å². The standard InChI is InChI=1S/C23H44N2O/c1-3-4-5-6-7-8-9-10-11-12-13-14-15-16-17-22(2)23-24-18-19-25(23)20-21-26/h10-11,22,26H,3-9,12-21H2,1-2H3. The molecule has 26 heavy (non-hydrogen) atoms. The van der Waals surface area contributed by atoms with Crippen molar-refractivity contribution >= 4 is 5.84 Å². The van der Waals surface area contributed by atoms with Crippen LogP contribution in [-0.2, 0) is 0 Å². The highest BCUT2D eigenvalue weighted by molar-refractivity contribution is 5.85. The van der Waals surface area contributed by atoms with Crippen molar-refractivity contribution in [3.05, 3.63) is 12.2 Å². The summed E-state index contributed by atoms with van der Waals surface area (Å²) in [7, 11) is 0. The molecule has 3 nitrogen and oxygen atoms in total. The normalized spacial score (nSPS) is 15.8. The van der Waals surface area contributed by atoms with E-state index in [4.69, 9.17) is 5.11 Å². The van der Waals surface area contributed by atoms with E-state index in [1.807, 2.05) is 0 Å². The SMILES string of the molecule is CCCCCCCCC=CCCCCCCC(C)C1=NCCN1CCO. The van der Waals surface area contributed by atoms with Gasteiger partial charge in [0.15, 0.2) is 0 Å². The highest BCUT2D eigenvalue weighted by atomic mass is 16.3. The van der Waals surface area contributed by atoms with Crippen molar-refractivity contribution in [3.8, 4) is 0 Å². The Bertz CT molecular complexity index is 378. The fourth-order valence-electron chi connectivity index (χ4n) is 3.79. The van der Waals surface area contributed by atoms with E-state index in [0.29, 0.717) is 5.92 Å². The molecule has 1 aliphatic heterocycles. The molecule has 1 N–H and O–H groups in total. The first-order chi connectivity index (χ1) is 12.8. The number of allylic oxidation sites excluding steroid dienone is 2. The van der Waals surface area contributed by atoms with E-state index in [-0.39, 0.29) is 6.61 Å². The zero-order valence-corrected chi connectivity index (χ0v) is 17.6. The van der Waals surface area contributed by atoms with Crippen LogP contribution in [0.1, 0.15) is 97.3 Å². The van der Waals surface area contributed by atoms with Crippen LogP contribution in [-0.4, -0.2) is 42.1 Å². The quantitative estimate of drug-likeness (QED) is 0.255. The summed E-state index contributed by atoms with van der Waals surface area (Å²) in [5.74, 6) is 1.78. The molecule has 0 bridgehead atoms. The summed E-state index contributed by atoms with van der Waals surface area (Å²) in [6.07, 6.45) is 22.2. The predicted octanol–water partition coefficient (Wildman–Crippen LogP) is 5.98. The second-order valence-electron chi connectivity index (χ2n) is 7.87. The molecule has 1 atom stereocenters. The molecule has 0 saturated carbocycles. The molecule has 0 fully saturated rings. The van der Waals surface area contributed by atoms with Gasteiger partial charge in [0, 0.05) is 19.0 Å². The third kappa shape index (κ3) is 11.0. The number of aliphatic hydroxyl groups excluding tert-OH is 1. The van der Waals surface area contributed by atoms with Gasteiger partial charge in [0.05, 0.1) is 13.2 Å². The first kappa shape index (κ1) is 23.2. The van der Waals surface area contributed by atoms with Gasteiger partial charge < -0.3 is 10.0 Å². The van der Waals surface area contributed by atoms with Crippen molar-refractivity contribution in [2.75, 3.05) is 26.2 Å². The second kappa shape index (κ2) is 16.4. The maximum atomic E-state index is 9.13. The first-order valence-corrected chi connectivity index (χ1v) is 11.3. The molecule has 0 aromatic rings. The number of aliphatic imine (C=N–C) groups is 1. The molecule has 0 aromatic carbocycles. The first-order valence-electron chi connectivity index (χ1n) is 11.3. The van der Waals surface area contributed by atoms with E-state index in [9.17, 15) is 0 Å². The lowest BCUT2D eigenvalue weighted by Gasteiger charge is -2.23. The van der Waals surface area contributed by atoms with E-state index < -0.39 is 0 Å². The molecule has 0 aromatic heterocycles. The van der Waals surface area contributed by atoms with E-state index in [2.05, 4.69) is 35.9 Å². The molecular formula is C23H44N2O. The number of hydrogen-bond acceptors (Lipinski definition) is 3. The van der Waals surface area contributed by atoms with Crippen molar-refractivity contribution in [1.82, 2.24) is 4.90 Å². The van der Waals surface area contributed by atoms with Crippen LogP contribution in [0.3, 0.4) is 0 Å². The molecule has 0 aliphatic carbocycles. The Labute approximate surface area is 163 Å². The lowest BCUT2D eigenvalue weighted by molar-refractivity contribution is 0.252. The molecule has 0 saturated heterocycles. The molecule has 3 heteroatoms. The van der Waals surface area contributed by atoms with Gasteiger partial charge in [-0.15, -0.1) is 0 Å². The largest absolute Gasteiger partial charge is 0.395 e. The molecule has 1 heterocycles. The number of amidine groups is 1. The minimum absolute atomic E-state index is 0.234. The summed E-state index contributed by atoms with van der Waals surface area (Å²) in [4.78, 5) is 6.91. The van der Waals surface area contributed by atoms with Crippen LogP contribution in [0.25, 0.3) is 0 Å². The van der Waals surface area contributed by atoms with Crippen LogP contribution in [0.2, 0.25) is 0 Å². The summed E-state index contributed by atoms with van der Waals surface area (Å²) in [6, 6.07) is 0. The van der Waals surface area contributed by atoms with Crippen molar-refractivity contribution in [2.24, 2.45) is 10.9 Å². The number of aliphatic hydroxyl groups is 1. The summed E-state index contributed by atoms with van der Waals surface area (Å²) < 4.78 is 0. The van der Waals surface area contributed by atoms with Crippen LogP contribution in [0.5, 0.6) is 0 Å². The topological polar surface area (TPSA) is 35.8 Å². The molecule has 0 radical (unpaired) electrons. The summed E-state index contributed by atoms with van der Waals surface area (Å²) >= 11 is 0.